The Morgan fingerprint density at radius 2 is 2.12 bits per heavy atom. The van der Waals surface area contributed by atoms with Crippen LogP contribution in [0.4, 0.5) is 0 Å². The van der Waals surface area contributed by atoms with Crippen LogP contribution in [-0.2, 0) is 9.53 Å². The first-order valence-electron chi connectivity index (χ1n) is 5.91. The first-order valence-corrected chi connectivity index (χ1v) is 5.91. The number of rotatable bonds is 6. The van der Waals surface area contributed by atoms with Gasteiger partial charge < -0.3 is 9.64 Å². The number of carbonyl (C=O) groups excluding carboxylic acids is 1. The normalized spacial score (nSPS) is 21.6. The summed E-state index contributed by atoms with van der Waals surface area (Å²) < 4.78 is 4.90. The summed E-state index contributed by atoms with van der Waals surface area (Å²) in [5, 5.41) is 3.40. The lowest BCUT2D eigenvalue weighted by Gasteiger charge is -2.33. The van der Waals surface area contributed by atoms with Crippen LogP contribution in [0.5, 0.6) is 0 Å². The van der Waals surface area contributed by atoms with Gasteiger partial charge >= 0.3 is 5.97 Å². The van der Waals surface area contributed by atoms with Gasteiger partial charge in [0, 0.05) is 12.1 Å². The van der Waals surface area contributed by atoms with E-state index in [1.807, 2.05) is 21.0 Å². The van der Waals surface area contributed by atoms with Crippen LogP contribution in [0.1, 0.15) is 33.1 Å². The lowest BCUT2D eigenvalue weighted by Crippen LogP contribution is -2.54. The van der Waals surface area contributed by atoms with Crippen LogP contribution in [-0.4, -0.2) is 49.7 Å². The largest absolute Gasteiger partial charge is 0.468 e. The third kappa shape index (κ3) is 3.46. The van der Waals surface area contributed by atoms with Gasteiger partial charge in [-0.25, -0.2) is 0 Å². The molecule has 0 aromatic carbocycles. The molecule has 0 amide bonds. The molecule has 1 aliphatic rings. The second kappa shape index (κ2) is 5.15. The van der Waals surface area contributed by atoms with E-state index in [4.69, 9.17) is 4.74 Å². The van der Waals surface area contributed by atoms with Crippen LogP contribution in [0.3, 0.4) is 0 Å². The van der Waals surface area contributed by atoms with Crippen LogP contribution in [0.2, 0.25) is 0 Å². The molecule has 1 fully saturated rings. The molecule has 0 radical (unpaired) electrons. The van der Waals surface area contributed by atoms with Crippen LogP contribution in [0.25, 0.3) is 0 Å². The average Bonchev–Trinajstić information content (AvgIpc) is 2.99. The number of ether oxygens (including phenoxy) is 1. The molecule has 1 aliphatic carbocycles. The van der Waals surface area contributed by atoms with E-state index >= 15 is 0 Å². The zero-order valence-electron chi connectivity index (χ0n) is 11.0. The lowest BCUT2D eigenvalue weighted by molar-refractivity contribution is -0.148. The summed E-state index contributed by atoms with van der Waals surface area (Å²) in [6.45, 7) is 4.06. The van der Waals surface area contributed by atoms with Crippen LogP contribution in [0, 0.1) is 0 Å². The molecule has 4 nitrogen and oxygen atoms in total. The van der Waals surface area contributed by atoms with Gasteiger partial charge in [0.1, 0.15) is 5.54 Å². The SMILES string of the molecule is COC(=O)C(C)(CC(C)N(C)C)NC1CC1. The first kappa shape index (κ1) is 13.5. The van der Waals surface area contributed by atoms with Crippen molar-refractivity contribution in [3.8, 4) is 0 Å². The fourth-order valence-corrected chi connectivity index (χ4v) is 1.88. The zero-order valence-corrected chi connectivity index (χ0v) is 11.0. The van der Waals surface area contributed by atoms with Gasteiger partial charge in [-0.05, 0) is 47.2 Å². The molecule has 0 spiro atoms. The highest BCUT2D eigenvalue weighted by Gasteiger charge is 2.40. The number of carbonyl (C=O) groups is 1. The highest BCUT2D eigenvalue weighted by Crippen LogP contribution is 2.26. The Morgan fingerprint density at radius 1 is 1.56 bits per heavy atom. The second-order valence-corrected chi connectivity index (χ2v) is 5.26. The summed E-state index contributed by atoms with van der Waals surface area (Å²) >= 11 is 0. The highest BCUT2D eigenvalue weighted by molar-refractivity contribution is 5.80. The Balaban J connectivity index is 2.64. The average molecular weight is 228 g/mol. The van der Waals surface area contributed by atoms with Gasteiger partial charge in [-0.15, -0.1) is 0 Å². The van der Waals surface area contributed by atoms with Gasteiger partial charge in [-0.1, -0.05) is 0 Å². The van der Waals surface area contributed by atoms with E-state index in [0.29, 0.717) is 12.1 Å². The van der Waals surface area contributed by atoms with E-state index in [1.165, 1.54) is 20.0 Å². The Bertz CT molecular complexity index is 251. The molecule has 0 aromatic rings. The molecule has 94 valence electrons. The van der Waals surface area contributed by atoms with Gasteiger partial charge in [0.25, 0.3) is 0 Å². The predicted octanol–water partition coefficient (Wildman–Crippen LogP) is 1.01. The standard InChI is InChI=1S/C12H24N2O2/c1-9(14(3)4)8-12(2,11(15)16-5)13-10-6-7-10/h9-10,13H,6-8H2,1-5H3. The minimum absolute atomic E-state index is 0.159. The molecular weight excluding hydrogens is 204 g/mol. The van der Waals surface area contributed by atoms with E-state index in [9.17, 15) is 4.79 Å². The zero-order chi connectivity index (χ0) is 12.3. The molecule has 2 unspecified atom stereocenters. The molecule has 4 heteroatoms. The predicted molar refractivity (Wildman–Crippen MR) is 64.3 cm³/mol. The third-order valence-corrected chi connectivity index (χ3v) is 3.32. The second-order valence-electron chi connectivity index (χ2n) is 5.26. The van der Waals surface area contributed by atoms with E-state index in [1.54, 1.807) is 0 Å². The molecule has 2 atom stereocenters. The Labute approximate surface area is 98.3 Å². The number of nitrogens with one attached hydrogen (secondary N) is 1. The van der Waals surface area contributed by atoms with E-state index in [0.717, 1.165) is 6.42 Å². The van der Waals surface area contributed by atoms with Crippen molar-refractivity contribution < 1.29 is 9.53 Å². The summed E-state index contributed by atoms with van der Waals surface area (Å²) in [6.07, 6.45) is 3.11. The molecule has 0 aromatic heterocycles. The molecule has 1 rings (SSSR count). The first-order chi connectivity index (χ1) is 7.39. The van der Waals surface area contributed by atoms with Crippen molar-refractivity contribution in [1.82, 2.24) is 10.2 Å². The summed E-state index contributed by atoms with van der Waals surface area (Å²) in [6, 6.07) is 0.841. The van der Waals surface area contributed by atoms with Crippen molar-refractivity contribution in [1.29, 1.82) is 0 Å². The van der Waals surface area contributed by atoms with Crippen molar-refractivity contribution >= 4 is 5.97 Å². The minimum Gasteiger partial charge on any atom is -0.468 e. The Kier molecular flexibility index (Phi) is 4.33. The van der Waals surface area contributed by atoms with Crippen molar-refractivity contribution in [3.05, 3.63) is 0 Å². The van der Waals surface area contributed by atoms with Gasteiger partial charge in [-0.3, -0.25) is 10.1 Å². The molecule has 0 heterocycles. The maximum atomic E-state index is 11.9. The Morgan fingerprint density at radius 3 is 2.50 bits per heavy atom. The summed E-state index contributed by atoms with van der Waals surface area (Å²) in [5.41, 5.74) is -0.556. The molecule has 1 N–H and O–H groups in total. The number of hydrogen-bond acceptors (Lipinski definition) is 4. The maximum Gasteiger partial charge on any atom is 0.325 e. The quantitative estimate of drug-likeness (QED) is 0.689. The van der Waals surface area contributed by atoms with E-state index in [2.05, 4.69) is 17.1 Å². The number of hydrogen-bond donors (Lipinski definition) is 1. The van der Waals surface area contributed by atoms with Crippen LogP contribution >= 0.6 is 0 Å². The summed E-state index contributed by atoms with van der Waals surface area (Å²) in [4.78, 5) is 14.0. The molecular formula is C12H24N2O2. The van der Waals surface area contributed by atoms with Gasteiger partial charge in [0.2, 0.25) is 0 Å². The maximum absolute atomic E-state index is 11.9. The monoisotopic (exact) mass is 228 g/mol. The van der Waals surface area contributed by atoms with Crippen molar-refractivity contribution in [3.63, 3.8) is 0 Å². The molecule has 16 heavy (non-hydrogen) atoms. The molecule has 1 saturated carbocycles. The molecule has 0 saturated heterocycles. The highest BCUT2D eigenvalue weighted by atomic mass is 16.5. The van der Waals surface area contributed by atoms with Crippen LogP contribution in [0.15, 0.2) is 0 Å². The third-order valence-electron chi connectivity index (χ3n) is 3.32. The Hall–Kier alpha value is -0.610. The fraction of sp³-hybridized carbons (Fsp3) is 0.917. The smallest absolute Gasteiger partial charge is 0.325 e. The van der Waals surface area contributed by atoms with Crippen molar-refractivity contribution in [2.24, 2.45) is 0 Å². The van der Waals surface area contributed by atoms with Gasteiger partial charge in [0.05, 0.1) is 7.11 Å². The fourth-order valence-electron chi connectivity index (χ4n) is 1.88. The lowest BCUT2D eigenvalue weighted by atomic mass is 9.93. The summed E-state index contributed by atoms with van der Waals surface area (Å²) in [5.74, 6) is -0.159. The molecule has 0 bridgehead atoms. The number of nitrogens with zero attached hydrogens (tertiary/aromatic N) is 1. The van der Waals surface area contributed by atoms with Crippen molar-refractivity contribution in [2.45, 2.75) is 50.7 Å². The van der Waals surface area contributed by atoms with E-state index < -0.39 is 5.54 Å². The molecule has 0 aliphatic heterocycles. The van der Waals surface area contributed by atoms with Crippen LogP contribution < -0.4 is 5.32 Å². The van der Waals surface area contributed by atoms with Crippen molar-refractivity contribution in [2.75, 3.05) is 21.2 Å². The van der Waals surface area contributed by atoms with E-state index in [-0.39, 0.29) is 5.97 Å². The van der Waals surface area contributed by atoms with Gasteiger partial charge in [-0.2, -0.15) is 0 Å². The topological polar surface area (TPSA) is 41.6 Å². The van der Waals surface area contributed by atoms with Gasteiger partial charge in [0.15, 0.2) is 0 Å². The number of methoxy groups -OCH3 is 1. The minimum atomic E-state index is -0.556. The number of esters is 1. The summed E-state index contributed by atoms with van der Waals surface area (Å²) in [7, 11) is 5.51.